The van der Waals surface area contributed by atoms with Crippen molar-refractivity contribution in [2.75, 3.05) is 13.7 Å². The lowest BCUT2D eigenvalue weighted by Gasteiger charge is -2.07. The van der Waals surface area contributed by atoms with Crippen molar-refractivity contribution in [2.45, 2.75) is 12.3 Å². The predicted molar refractivity (Wildman–Crippen MR) is 88.3 cm³/mol. The molecule has 1 saturated carbocycles. The van der Waals surface area contributed by atoms with Gasteiger partial charge >= 0.3 is 5.97 Å². The van der Waals surface area contributed by atoms with Gasteiger partial charge in [0.2, 0.25) is 0 Å². The second-order valence-electron chi connectivity index (χ2n) is 5.69. The van der Waals surface area contributed by atoms with E-state index in [4.69, 9.17) is 14.9 Å². The first-order chi connectivity index (χ1) is 11.2. The summed E-state index contributed by atoms with van der Waals surface area (Å²) in [7, 11) is 1.64. The zero-order chi connectivity index (χ0) is 16.2. The minimum Gasteiger partial charge on any atom is -0.497 e. The molecule has 4 nitrogen and oxygen atoms in total. The first-order valence-electron chi connectivity index (χ1n) is 7.62. The van der Waals surface area contributed by atoms with E-state index in [1.807, 2.05) is 30.3 Å². The summed E-state index contributed by atoms with van der Waals surface area (Å²) in [4.78, 5) is 11.9. The lowest BCUT2D eigenvalue weighted by molar-refractivity contribution is 0.0561. The second-order valence-corrected chi connectivity index (χ2v) is 5.69. The lowest BCUT2D eigenvalue weighted by atomic mass is 10.1. The van der Waals surface area contributed by atoms with Crippen LogP contribution in [-0.2, 0) is 4.74 Å². The molecule has 0 saturated heterocycles. The van der Waals surface area contributed by atoms with E-state index in [0.29, 0.717) is 17.2 Å². The van der Waals surface area contributed by atoms with E-state index in [1.165, 1.54) is 5.56 Å². The average molecular weight is 309 g/mol. The van der Waals surface area contributed by atoms with Crippen LogP contribution in [0.1, 0.15) is 28.3 Å². The molecule has 2 aromatic rings. The third-order valence-electron chi connectivity index (χ3n) is 4.15. The van der Waals surface area contributed by atoms with Gasteiger partial charge in [-0.3, -0.25) is 0 Å². The van der Waals surface area contributed by atoms with E-state index >= 15 is 0 Å². The first-order valence-corrected chi connectivity index (χ1v) is 7.62. The van der Waals surface area contributed by atoms with Crippen molar-refractivity contribution in [2.24, 2.45) is 5.92 Å². The third kappa shape index (κ3) is 3.59. The van der Waals surface area contributed by atoms with Gasteiger partial charge in [0, 0.05) is 5.92 Å². The first kappa shape index (κ1) is 15.3. The number of hydrogen-bond acceptors (Lipinski definition) is 4. The third-order valence-corrected chi connectivity index (χ3v) is 4.15. The van der Waals surface area contributed by atoms with E-state index < -0.39 is 0 Å². The average Bonchev–Trinajstić information content (AvgIpc) is 3.41. The van der Waals surface area contributed by atoms with Gasteiger partial charge in [0.1, 0.15) is 12.4 Å². The van der Waals surface area contributed by atoms with E-state index in [1.54, 1.807) is 31.4 Å². The Morgan fingerprint density at radius 1 is 1.13 bits per heavy atom. The summed E-state index contributed by atoms with van der Waals surface area (Å²) in [6.45, 7) is 0.0606. The smallest absolute Gasteiger partial charge is 0.338 e. The van der Waals surface area contributed by atoms with Gasteiger partial charge in [0.05, 0.1) is 18.4 Å². The number of esters is 1. The normalized spacial score (nSPS) is 19.0. The molecule has 0 aliphatic heterocycles. The quantitative estimate of drug-likeness (QED) is 0.654. The Morgan fingerprint density at radius 2 is 1.83 bits per heavy atom. The number of ether oxygens (including phenoxy) is 2. The molecule has 0 bridgehead atoms. The van der Waals surface area contributed by atoms with E-state index in [-0.39, 0.29) is 18.5 Å². The molecule has 0 radical (unpaired) electrons. The largest absolute Gasteiger partial charge is 0.497 e. The van der Waals surface area contributed by atoms with Crippen molar-refractivity contribution in [1.82, 2.24) is 0 Å². The van der Waals surface area contributed by atoms with Crippen LogP contribution in [0.15, 0.2) is 54.6 Å². The Hall–Kier alpha value is -2.62. The molecule has 118 valence electrons. The van der Waals surface area contributed by atoms with E-state index in [0.717, 1.165) is 12.2 Å². The van der Waals surface area contributed by atoms with Gasteiger partial charge in [-0.1, -0.05) is 30.3 Å². The zero-order valence-electron chi connectivity index (χ0n) is 13.0. The molecule has 1 N–H and O–H groups in total. The van der Waals surface area contributed by atoms with Crippen molar-refractivity contribution in [1.29, 1.82) is 5.41 Å². The maximum absolute atomic E-state index is 11.9. The fourth-order valence-electron chi connectivity index (χ4n) is 2.71. The maximum Gasteiger partial charge on any atom is 0.338 e. The minimum atomic E-state index is -0.378. The van der Waals surface area contributed by atoms with Gasteiger partial charge in [-0.25, -0.2) is 4.79 Å². The van der Waals surface area contributed by atoms with Crippen LogP contribution in [0.4, 0.5) is 0 Å². The van der Waals surface area contributed by atoms with Gasteiger partial charge in [-0.05, 0) is 42.2 Å². The molecule has 1 fully saturated rings. The molecule has 1 aliphatic rings. The van der Waals surface area contributed by atoms with Crippen LogP contribution in [0.2, 0.25) is 0 Å². The van der Waals surface area contributed by atoms with Crippen molar-refractivity contribution in [3.63, 3.8) is 0 Å². The molecule has 0 amide bonds. The second kappa shape index (κ2) is 6.65. The van der Waals surface area contributed by atoms with Crippen molar-refractivity contribution in [3.8, 4) is 5.75 Å². The Labute approximate surface area is 135 Å². The Morgan fingerprint density at radius 3 is 2.48 bits per heavy atom. The SMILES string of the molecule is COc1ccc(C2CC2C(=N)COC(=O)c2ccccc2)cc1. The summed E-state index contributed by atoms with van der Waals surface area (Å²) in [5, 5.41) is 8.12. The van der Waals surface area contributed by atoms with Crippen LogP contribution in [0.25, 0.3) is 0 Å². The topological polar surface area (TPSA) is 59.4 Å². The minimum absolute atomic E-state index is 0.0606. The van der Waals surface area contributed by atoms with E-state index in [2.05, 4.69) is 0 Å². The number of carbonyl (C=O) groups excluding carboxylic acids is 1. The highest BCUT2D eigenvalue weighted by Gasteiger charge is 2.41. The Kier molecular flexibility index (Phi) is 4.42. The monoisotopic (exact) mass is 309 g/mol. The van der Waals surface area contributed by atoms with Crippen LogP contribution in [0.5, 0.6) is 5.75 Å². The molecule has 23 heavy (non-hydrogen) atoms. The molecule has 3 rings (SSSR count). The summed E-state index contributed by atoms with van der Waals surface area (Å²) in [6.07, 6.45) is 0.939. The number of hydrogen-bond donors (Lipinski definition) is 1. The molecule has 2 unspecified atom stereocenters. The fourth-order valence-corrected chi connectivity index (χ4v) is 2.71. The number of nitrogens with one attached hydrogen (secondary N) is 1. The molecule has 0 aromatic heterocycles. The summed E-state index contributed by atoms with van der Waals surface area (Å²) in [6, 6.07) is 16.8. The standard InChI is InChI=1S/C19H19NO3/c1-22-15-9-7-13(8-10-15)16-11-17(16)18(20)12-23-19(21)14-5-3-2-4-6-14/h2-10,16-17,20H,11-12H2,1H3. The zero-order valence-corrected chi connectivity index (χ0v) is 13.0. The van der Waals surface area contributed by atoms with Gasteiger partial charge < -0.3 is 14.9 Å². The highest BCUT2D eigenvalue weighted by molar-refractivity contribution is 5.94. The molecule has 0 spiro atoms. The van der Waals surface area contributed by atoms with Crippen LogP contribution < -0.4 is 4.74 Å². The van der Waals surface area contributed by atoms with Crippen LogP contribution in [0.3, 0.4) is 0 Å². The van der Waals surface area contributed by atoms with Gasteiger partial charge in [-0.15, -0.1) is 0 Å². The van der Waals surface area contributed by atoms with Crippen LogP contribution in [0, 0.1) is 11.3 Å². The Balaban J connectivity index is 1.51. The van der Waals surface area contributed by atoms with Gasteiger partial charge in [0.15, 0.2) is 0 Å². The van der Waals surface area contributed by atoms with Gasteiger partial charge in [-0.2, -0.15) is 0 Å². The molecular weight excluding hydrogens is 290 g/mol. The molecule has 4 heteroatoms. The molecule has 1 aliphatic carbocycles. The lowest BCUT2D eigenvalue weighted by Crippen LogP contribution is -2.15. The Bertz CT molecular complexity index is 694. The van der Waals surface area contributed by atoms with Crippen molar-refractivity contribution < 1.29 is 14.3 Å². The molecular formula is C19H19NO3. The summed E-state index contributed by atoms with van der Waals surface area (Å²) in [5.41, 5.74) is 2.20. The maximum atomic E-state index is 11.9. The van der Waals surface area contributed by atoms with Crippen LogP contribution >= 0.6 is 0 Å². The van der Waals surface area contributed by atoms with Gasteiger partial charge in [0.25, 0.3) is 0 Å². The van der Waals surface area contributed by atoms with Crippen molar-refractivity contribution in [3.05, 3.63) is 65.7 Å². The molecule has 2 aromatic carbocycles. The number of methoxy groups -OCH3 is 1. The summed E-state index contributed by atoms with van der Waals surface area (Å²) >= 11 is 0. The number of carbonyl (C=O) groups is 1. The predicted octanol–water partition coefficient (Wildman–Crippen LogP) is 3.68. The number of benzene rings is 2. The van der Waals surface area contributed by atoms with Crippen LogP contribution in [-0.4, -0.2) is 25.4 Å². The number of rotatable bonds is 6. The van der Waals surface area contributed by atoms with E-state index in [9.17, 15) is 4.79 Å². The fraction of sp³-hybridized carbons (Fsp3) is 0.263. The summed E-state index contributed by atoms with van der Waals surface area (Å²) < 4.78 is 10.4. The highest BCUT2D eigenvalue weighted by atomic mass is 16.5. The van der Waals surface area contributed by atoms with Crippen molar-refractivity contribution >= 4 is 11.7 Å². The molecule has 2 atom stereocenters. The molecule has 0 heterocycles. The highest BCUT2D eigenvalue weighted by Crippen LogP contribution is 2.48. The summed E-state index contributed by atoms with van der Waals surface area (Å²) in [5.74, 6) is 0.977.